The van der Waals surface area contributed by atoms with Crippen molar-refractivity contribution in [2.75, 3.05) is 13.1 Å². The Labute approximate surface area is 106 Å². The third kappa shape index (κ3) is 2.63. The lowest BCUT2D eigenvalue weighted by Gasteiger charge is -2.30. The van der Waals surface area contributed by atoms with Gasteiger partial charge in [-0.05, 0) is 25.0 Å². The molecule has 1 saturated heterocycles. The van der Waals surface area contributed by atoms with Gasteiger partial charge in [0.2, 0.25) is 10.0 Å². The Kier molecular flexibility index (Phi) is 3.73. The van der Waals surface area contributed by atoms with Crippen LogP contribution in [-0.2, 0) is 10.0 Å². The molecule has 0 radical (unpaired) electrons. The van der Waals surface area contributed by atoms with Crippen LogP contribution in [0.15, 0.2) is 29.2 Å². The van der Waals surface area contributed by atoms with E-state index in [0.29, 0.717) is 13.1 Å². The van der Waals surface area contributed by atoms with E-state index in [1.807, 2.05) is 0 Å². The number of sulfonamides is 1. The first-order valence-electron chi connectivity index (χ1n) is 5.52. The van der Waals surface area contributed by atoms with Crippen molar-refractivity contribution in [3.05, 3.63) is 29.3 Å². The molecular weight excluding hydrogens is 260 g/mol. The third-order valence-corrected chi connectivity index (χ3v) is 5.24. The Bertz CT molecular complexity index is 504. The monoisotopic (exact) mass is 274 g/mol. The number of benzene rings is 1. The van der Waals surface area contributed by atoms with Crippen LogP contribution in [0.25, 0.3) is 0 Å². The average Bonchev–Trinajstić information content (AvgIpc) is 2.29. The van der Waals surface area contributed by atoms with Gasteiger partial charge in [-0.2, -0.15) is 4.31 Å². The van der Waals surface area contributed by atoms with E-state index in [4.69, 9.17) is 17.3 Å². The zero-order valence-electron chi connectivity index (χ0n) is 9.34. The summed E-state index contributed by atoms with van der Waals surface area (Å²) in [6.07, 6.45) is 1.67. The standard InChI is InChI=1S/C11H15ClN2O2S/c12-10-5-1-2-6-11(10)17(15,16)14-7-3-4-9(13)8-14/h1-2,5-6,9H,3-4,7-8,13H2/t9-/m1/s1. The van der Waals surface area contributed by atoms with E-state index in [-0.39, 0.29) is 16.0 Å². The zero-order chi connectivity index (χ0) is 12.5. The molecule has 1 aromatic rings. The molecular formula is C11H15ClN2O2S. The summed E-state index contributed by atoms with van der Waals surface area (Å²) in [7, 11) is -3.50. The van der Waals surface area contributed by atoms with Gasteiger partial charge < -0.3 is 5.73 Å². The Hall–Kier alpha value is -0.620. The average molecular weight is 275 g/mol. The van der Waals surface area contributed by atoms with E-state index in [9.17, 15) is 8.42 Å². The first-order chi connectivity index (χ1) is 8.01. The molecule has 0 spiro atoms. The van der Waals surface area contributed by atoms with Crippen LogP contribution in [0.1, 0.15) is 12.8 Å². The molecule has 2 rings (SSSR count). The van der Waals surface area contributed by atoms with Crippen LogP contribution in [0.5, 0.6) is 0 Å². The summed E-state index contributed by atoms with van der Waals surface area (Å²) >= 11 is 5.93. The second kappa shape index (κ2) is 4.94. The van der Waals surface area contributed by atoms with Crippen LogP contribution in [0.3, 0.4) is 0 Å². The molecule has 0 unspecified atom stereocenters. The number of piperidine rings is 1. The number of nitrogens with two attached hydrogens (primary N) is 1. The van der Waals surface area contributed by atoms with E-state index in [1.54, 1.807) is 18.2 Å². The predicted octanol–water partition coefficient (Wildman–Crippen LogP) is 1.45. The van der Waals surface area contributed by atoms with Crippen molar-refractivity contribution in [1.82, 2.24) is 4.31 Å². The lowest BCUT2D eigenvalue weighted by atomic mass is 10.1. The van der Waals surface area contributed by atoms with E-state index in [1.165, 1.54) is 10.4 Å². The minimum absolute atomic E-state index is 0.0824. The molecule has 94 valence electrons. The van der Waals surface area contributed by atoms with Crippen LogP contribution in [-0.4, -0.2) is 31.9 Å². The number of rotatable bonds is 2. The van der Waals surface area contributed by atoms with Gasteiger partial charge in [0.1, 0.15) is 4.90 Å². The lowest BCUT2D eigenvalue weighted by Crippen LogP contribution is -2.45. The van der Waals surface area contributed by atoms with Crippen molar-refractivity contribution >= 4 is 21.6 Å². The molecule has 0 aromatic heterocycles. The Morgan fingerprint density at radius 3 is 2.71 bits per heavy atom. The fourth-order valence-corrected chi connectivity index (χ4v) is 4.01. The van der Waals surface area contributed by atoms with E-state index < -0.39 is 10.0 Å². The molecule has 1 aromatic carbocycles. The van der Waals surface area contributed by atoms with Crippen LogP contribution in [0.4, 0.5) is 0 Å². The molecule has 1 aliphatic rings. The second-order valence-electron chi connectivity index (χ2n) is 4.20. The van der Waals surface area contributed by atoms with Gasteiger partial charge in [0.05, 0.1) is 5.02 Å². The van der Waals surface area contributed by atoms with E-state index in [2.05, 4.69) is 0 Å². The number of hydrogen-bond acceptors (Lipinski definition) is 3. The van der Waals surface area contributed by atoms with Gasteiger partial charge >= 0.3 is 0 Å². The molecule has 6 heteroatoms. The molecule has 4 nitrogen and oxygen atoms in total. The van der Waals surface area contributed by atoms with Crippen LogP contribution < -0.4 is 5.73 Å². The molecule has 0 aliphatic carbocycles. The highest BCUT2D eigenvalue weighted by Crippen LogP contribution is 2.26. The van der Waals surface area contributed by atoms with Crippen molar-refractivity contribution in [2.24, 2.45) is 5.73 Å². The van der Waals surface area contributed by atoms with Crippen molar-refractivity contribution in [2.45, 2.75) is 23.8 Å². The molecule has 1 fully saturated rings. The normalized spacial score (nSPS) is 22.6. The Morgan fingerprint density at radius 1 is 1.35 bits per heavy atom. The number of nitrogens with zero attached hydrogens (tertiary/aromatic N) is 1. The maximum atomic E-state index is 12.3. The summed E-state index contributed by atoms with van der Waals surface area (Å²) in [6.45, 7) is 0.884. The fourth-order valence-electron chi connectivity index (χ4n) is 1.99. The molecule has 1 heterocycles. The maximum Gasteiger partial charge on any atom is 0.244 e. The zero-order valence-corrected chi connectivity index (χ0v) is 10.9. The first-order valence-corrected chi connectivity index (χ1v) is 7.34. The topological polar surface area (TPSA) is 63.4 Å². The summed E-state index contributed by atoms with van der Waals surface area (Å²) in [5, 5.41) is 0.256. The lowest BCUT2D eigenvalue weighted by molar-refractivity contribution is 0.316. The summed E-state index contributed by atoms with van der Waals surface area (Å²) < 4.78 is 26.1. The van der Waals surface area contributed by atoms with Crippen LogP contribution >= 0.6 is 11.6 Å². The summed E-state index contributed by atoms with van der Waals surface area (Å²) in [4.78, 5) is 0.163. The van der Waals surface area contributed by atoms with E-state index >= 15 is 0 Å². The summed E-state index contributed by atoms with van der Waals surface area (Å²) in [5.74, 6) is 0. The smallest absolute Gasteiger partial charge is 0.244 e. The van der Waals surface area contributed by atoms with Gasteiger partial charge in [0.15, 0.2) is 0 Å². The quantitative estimate of drug-likeness (QED) is 0.888. The van der Waals surface area contributed by atoms with Crippen molar-refractivity contribution in [3.63, 3.8) is 0 Å². The van der Waals surface area contributed by atoms with Crippen molar-refractivity contribution in [1.29, 1.82) is 0 Å². The minimum atomic E-state index is -3.50. The third-order valence-electron chi connectivity index (χ3n) is 2.88. The van der Waals surface area contributed by atoms with Gasteiger partial charge in [-0.15, -0.1) is 0 Å². The summed E-state index contributed by atoms with van der Waals surface area (Å²) in [5.41, 5.74) is 5.80. The molecule has 0 bridgehead atoms. The molecule has 0 saturated carbocycles. The second-order valence-corrected chi connectivity index (χ2v) is 6.51. The van der Waals surface area contributed by atoms with E-state index in [0.717, 1.165) is 12.8 Å². The van der Waals surface area contributed by atoms with Gasteiger partial charge in [-0.3, -0.25) is 0 Å². The fraction of sp³-hybridized carbons (Fsp3) is 0.455. The molecule has 1 aliphatic heterocycles. The Balaban J connectivity index is 2.33. The van der Waals surface area contributed by atoms with Crippen molar-refractivity contribution < 1.29 is 8.42 Å². The summed E-state index contributed by atoms with van der Waals surface area (Å²) in [6, 6.07) is 6.41. The van der Waals surface area contributed by atoms with Crippen LogP contribution in [0, 0.1) is 0 Å². The van der Waals surface area contributed by atoms with Crippen molar-refractivity contribution in [3.8, 4) is 0 Å². The first kappa shape index (κ1) is 12.8. The van der Waals surface area contributed by atoms with Gasteiger partial charge in [-0.1, -0.05) is 23.7 Å². The number of halogens is 1. The SMILES string of the molecule is N[C@@H]1CCCN(S(=O)(=O)c2ccccc2Cl)C1. The number of hydrogen-bond donors (Lipinski definition) is 1. The maximum absolute atomic E-state index is 12.3. The van der Waals surface area contributed by atoms with Gasteiger partial charge in [0, 0.05) is 19.1 Å². The van der Waals surface area contributed by atoms with Gasteiger partial charge in [0.25, 0.3) is 0 Å². The highest BCUT2D eigenvalue weighted by Gasteiger charge is 2.30. The molecule has 17 heavy (non-hydrogen) atoms. The molecule has 0 amide bonds. The molecule has 2 N–H and O–H groups in total. The van der Waals surface area contributed by atoms with Gasteiger partial charge in [-0.25, -0.2) is 8.42 Å². The molecule has 1 atom stereocenters. The minimum Gasteiger partial charge on any atom is -0.327 e. The largest absolute Gasteiger partial charge is 0.327 e. The Morgan fingerprint density at radius 2 is 2.06 bits per heavy atom. The highest BCUT2D eigenvalue weighted by atomic mass is 35.5. The van der Waals surface area contributed by atoms with Crippen LogP contribution in [0.2, 0.25) is 5.02 Å². The predicted molar refractivity (Wildman–Crippen MR) is 67.4 cm³/mol. The highest BCUT2D eigenvalue weighted by molar-refractivity contribution is 7.89.